The van der Waals surface area contributed by atoms with Crippen molar-refractivity contribution in [3.63, 3.8) is 0 Å². The molecule has 2 aromatic rings. The quantitative estimate of drug-likeness (QED) is 0.826. The molecule has 0 bridgehead atoms. The lowest BCUT2D eigenvalue weighted by Gasteiger charge is -2.36. The minimum absolute atomic E-state index is 0.149. The van der Waals surface area contributed by atoms with Crippen LogP contribution in [0, 0.1) is 5.92 Å². The molecule has 2 unspecified atom stereocenters. The molecule has 2 saturated heterocycles. The summed E-state index contributed by atoms with van der Waals surface area (Å²) in [4.78, 5) is 17.3. The predicted octanol–water partition coefficient (Wildman–Crippen LogP) is 1.68. The summed E-state index contributed by atoms with van der Waals surface area (Å²) in [5.74, 6) is 0.493. The summed E-state index contributed by atoms with van der Waals surface area (Å²) in [6.45, 7) is -0.296. The topological polar surface area (TPSA) is 83.7 Å². The van der Waals surface area contributed by atoms with Crippen molar-refractivity contribution >= 4 is 5.82 Å². The van der Waals surface area contributed by atoms with Gasteiger partial charge >= 0.3 is 6.61 Å². The second-order valence-corrected chi connectivity index (χ2v) is 7.63. The Kier molecular flexibility index (Phi) is 5.12. The first-order chi connectivity index (χ1) is 13.8. The van der Waals surface area contributed by atoms with Crippen LogP contribution in [0.1, 0.15) is 12.8 Å². The number of phenolic OH excluding ortho intramolecular Hbond substituents is 1. The van der Waals surface area contributed by atoms with E-state index in [1.807, 2.05) is 4.90 Å². The number of ether oxygens (including phenoxy) is 1. The molecule has 2 aliphatic heterocycles. The van der Waals surface area contributed by atoms with Crippen molar-refractivity contribution in [3.05, 3.63) is 28.6 Å². The monoisotopic (exact) mass is 407 g/mol. The number of aromatic hydroxyl groups is 1. The number of benzene rings is 1. The Labute approximate surface area is 166 Å². The highest BCUT2D eigenvalue weighted by molar-refractivity contribution is 5.65. The van der Waals surface area contributed by atoms with Gasteiger partial charge < -0.3 is 19.6 Å². The first-order valence-electron chi connectivity index (χ1n) is 9.52. The van der Waals surface area contributed by atoms with Gasteiger partial charge in [-0.3, -0.25) is 9.36 Å². The van der Waals surface area contributed by atoms with Crippen molar-refractivity contribution in [1.82, 2.24) is 19.7 Å². The molecule has 2 fully saturated rings. The summed E-state index contributed by atoms with van der Waals surface area (Å²) in [6, 6.07) is 3.95. The predicted molar refractivity (Wildman–Crippen MR) is 102 cm³/mol. The summed E-state index contributed by atoms with van der Waals surface area (Å²) in [5.41, 5.74) is -0.0989. The standard InChI is InChI=1S/C19H23F2N5O3/c1-24-7-5-11-6-8-26(14(11)10-24)17-18(28)25(2)16(22-23-17)13-4-3-12(9-15(13)27)29-19(20)21/h3-4,9,11,14,19,27H,5-8,10H2,1-2H3. The van der Waals surface area contributed by atoms with Gasteiger partial charge in [0, 0.05) is 32.2 Å². The number of fused-ring (bicyclic) bond motifs is 1. The molecule has 2 aliphatic rings. The van der Waals surface area contributed by atoms with E-state index in [1.165, 1.54) is 16.7 Å². The lowest BCUT2D eigenvalue weighted by Crippen LogP contribution is -2.48. The molecule has 29 heavy (non-hydrogen) atoms. The number of hydrogen-bond donors (Lipinski definition) is 1. The van der Waals surface area contributed by atoms with Crippen LogP contribution in [0.15, 0.2) is 23.0 Å². The maximum atomic E-state index is 13.0. The van der Waals surface area contributed by atoms with Crippen LogP contribution >= 0.6 is 0 Å². The molecule has 156 valence electrons. The van der Waals surface area contributed by atoms with Crippen molar-refractivity contribution in [2.24, 2.45) is 13.0 Å². The number of rotatable bonds is 4. The average molecular weight is 407 g/mol. The molecule has 0 saturated carbocycles. The lowest BCUT2D eigenvalue weighted by molar-refractivity contribution is -0.0499. The number of likely N-dealkylation sites (N-methyl/N-ethyl adjacent to an activating group) is 1. The minimum atomic E-state index is -2.99. The van der Waals surface area contributed by atoms with Gasteiger partial charge in [-0.15, -0.1) is 10.2 Å². The van der Waals surface area contributed by atoms with Gasteiger partial charge in [-0.05, 0) is 44.5 Å². The summed E-state index contributed by atoms with van der Waals surface area (Å²) in [5, 5.41) is 18.6. The van der Waals surface area contributed by atoms with Gasteiger partial charge in [-0.2, -0.15) is 8.78 Å². The van der Waals surface area contributed by atoms with Crippen LogP contribution in [0.3, 0.4) is 0 Å². The number of alkyl halides is 2. The summed E-state index contributed by atoms with van der Waals surface area (Å²) in [7, 11) is 3.63. The Hall–Kier alpha value is -2.75. The number of hydrogen-bond acceptors (Lipinski definition) is 7. The van der Waals surface area contributed by atoms with Crippen molar-refractivity contribution in [2.45, 2.75) is 25.5 Å². The molecule has 1 aromatic carbocycles. The van der Waals surface area contributed by atoms with E-state index in [0.29, 0.717) is 11.7 Å². The molecule has 8 nitrogen and oxygen atoms in total. The molecular weight excluding hydrogens is 384 g/mol. The minimum Gasteiger partial charge on any atom is -0.507 e. The zero-order valence-corrected chi connectivity index (χ0v) is 16.3. The Morgan fingerprint density at radius 2 is 1.97 bits per heavy atom. The Morgan fingerprint density at radius 1 is 1.21 bits per heavy atom. The third kappa shape index (κ3) is 3.64. The number of halogens is 2. The average Bonchev–Trinajstić information content (AvgIpc) is 3.07. The molecular formula is C19H23F2N5O3. The Balaban J connectivity index is 1.66. The van der Waals surface area contributed by atoms with Gasteiger partial charge in [0.1, 0.15) is 11.5 Å². The number of piperidine rings is 1. The number of nitrogens with zero attached hydrogens (tertiary/aromatic N) is 5. The maximum Gasteiger partial charge on any atom is 0.387 e. The van der Waals surface area contributed by atoms with Gasteiger partial charge in [0.25, 0.3) is 5.56 Å². The molecule has 0 radical (unpaired) electrons. The highest BCUT2D eigenvalue weighted by Crippen LogP contribution is 2.34. The Morgan fingerprint density at radius 3 is 2.69 bits per heavy atom. The largest absolute Gasteiger partial charge is 0.507 e. The zero-order valence-electron chi connectivity index (χ0n) is 16.3. The van der Waals surface area contributed by atoms with E-state index < -0.39 is 6.61 Å². The van der Waals surface area contributed by atoms with E-state index >= 15 is 0 Å². The number of likely N-dealkylation sites (tertiary alicyclic amines) is 1. The van der Waals surface area contributed by atoms with E-state index in [9.17, 15) is 18.7 Å². The van der Waals surface area contributed by atoms with Crippen molar-refractivity contribution in [3.8, 4) is 22.9 Å². The van der Waals surface area contributed by atoms with Crippen molar-refractivity contribution in [1.29, 1.82) is 0 Å². The molecule has 0 amide bonds. The van der Waals surface area contributed by atoms with Crippen LogP contribution in [0.5, 0.6) is 11.5 Å². The smallest absolute Gasteiger partial charge is 0.387 e. The molecule has 2 atom stereocenters. The van der Waals surface area contributed by atoms with E-state index in [1.54, 1.807) is 7.05 Å². The molecule has 1 aromatic heterocycles. The molecule has 0 aliphatic carbocycles. The summed E-state index contributed by atoms with van der Waals surface area (Å²) >= 11 is 0. The highest BCUT2D eigenvalue weighted by Gasteiger charge is 2.39. The van der Waals surface area contributed by atoms with Crippen LogP contribution in [-0.4, -0.2) is 64.1 Å². The van der Waals surface area contributed by atoms with Crippen LogP contribution in [0.4, 0.5) is 14.6 Å². The van der Waals surface area contributed by atoms with Crippen LogP contribution in [0.25, 0.3) is 11.4 Å². The molecule has 10 heteroatoms. The first kappa shape index (κ1) is 19.6. The first-order valence-corrected chi connectivity index (χ1v) is 9.52. The van der Waals surface area contributed by atoms with Gasteiger partial charge in [-0.1, -0.05) is 0 Å². The van der Waals surface area contributed by atoms with Crippen molar-refractivity contribution in [2.75, 3.05) is 31.6 Å². The molecule has 0 spiro atoms. The fourth-order valence-corrected chi connectivity index (χ4v) is 4.30. The highest BCUT2D eigenvalue weighted by atomic mass is 19.3. The van der Waals surface area contributed by atoms with E-state index in [0.717, 1.165) is 38.5 Å². The van der Waals surface area contributed by atoms with Crippen molar-refractivity contribution < 1.29 is 18.6 Å². The van der Waals surface area contributed by atoms with Crippen LogP contribution < -0.4 is 15.2 Å². The van der Waals surface area contributed by atoms with Crippen LogP contribution in [0.2, 0.25) is 0 Å². The molecule has 1 N–H and O–H groups in total. The fraction of sp³-hybridized carbons (Fsp3) is 0.526. The molecule has 4 rings (SSSR count). The van der Waals surface area contributed by atoms with Gasteiger partial charge in [-0.25, -0.2) is 0 Å². The number of phenols is 1. The SMILES string of the molecule is CN1CCC2CCN(c3nnc(-c4ccc(OC(F)F)cc4O)n(C)c3=O)C2C1. The summed E-state index contributed by atoms with van der Waals surface area (Å²) < 4.78 is 30.3. The van der Waals surface area contributed by atoms with Gasteiger partial charge in [0.05, 0.1) is 5.56 Å². The maximum absolute atomic E-state index is 13.0. The number of aromatic nitrogens is 3. The van der Waals surface area contributed by atoms with Gasteiger partial charge in [0.15, 0.2) is 5.82 Å². The van der Waals surface area contributed by atoms with Crippen LogP contribution in [-0.2, 0) is 7.05 Å². The third-order valence-electron chi connectivity index (χ3n) is 5.83. The third-order valence-corrected chi connectivity index (χ3v) is 5.83. The fourth-order valence-electron chi connectivity index (χ4n) is 4.30. The Bertz CT molecular complexity index is 967. The summed E-state index contributed by atoms with van der Waals surface area (Å²) in [6.07, 6.45) is 2.13. The van der Waals surface area contributed by atoms with Gasteiger partial charge in [0.2, 0.25) is 5.82 Å². The second-order valence-electron chi connectivity index (χ2n) is 7.63. The van der Waals surface area contributed by atoms with E-state index in [-0.39, 0.29) is 34.5 Å². The number of anilines is 1. The van der Waals surface area contributed by atoms with E-state index in [2.05, 4.69) is 26.9 Å². The van der Waals surface area contributed by atoms with E-state index in [4.69, 9.17) is 0 Å². The second kappa shape index (κ2) is 7.58. The normalized spacial score (nSPS) is 22.2. The molecule has 3 heterocycles. The lowest BCUT2D eigenvalue weighted by atomic mass is 9.92. The zero-order chi connectivity index (χ0) is 20.7.